The number of piperidine rings is 2. The number of carbonyl (C=O) groups is 1. The van der Waals surface area contributed by atoms with Gasteiger partial charge in [0.2, 0.25) is 5.92 Å². The molecule has 1 amide bonds. The summed E-state index contributed by atoms with van der Waals surface area (Å²) < 4.78 is 52.7. The second-order valence-electron chi connectivity index (χ2n) is 12.3. The first-order valence-corrected chi connectivity index (χ1v) is 15.6. The fraction of sp³-hybridized carbons (Fsp3) is 0.852. The largest absolute Gasteiger partial charge is 0.380 e. The minimum absolute atomic E-state index is 0.0502. The summed E-state index contributed by atoms with van der Waals surface area (Å²) >= 11 is -1.02. The van der Waals surface area contributed by atoms with Crippen molar-refractivity contribution in [2.24, 2.45) is 11.7 Å². The second-order valence-corrected chi connectivity index (χ2v) is 13.6. The van der Waals surface area contributed by atoms with Gasteiger partial charge in [0.1, 0.15) is 5.76 Å². The predicted octanol–water partition coefficient (Wildman–Crippen LogP) is 3.74. The number of aromatic nitrogens is 1. The van der Waals surface area contributed by atoms with Crippen molar-refractivity contribution in [3.63, 3.8) is 0 Å². The van der Waals surface area contributed by atoms with Crippen LogP contribution in [0.25, 0.3) is 0 Å². The van der Waals surface area contributed by atoms with Gasteiger partial charge in [-0.25, -0.2) is 21.6 Å². The molecule has 5 saturated heterocycles. The molecule has 3 N–H and O–H groups in total. The van der Waals surface area contributed by atoms with E-state index >= 15 is 0 Å². The van der Waals surface area contributed by atoms with Crippen LogP contribution in [0.1, 0.15) is 100 Å². The molecule has 6 unspecified atom stereocenters. The number of nitrogens with two attached hydrogens (primary N) is 1. The van der Waals surface area contributed by atoms with Gasteiger partial charge in [0, 0.05) is 42.7 Å². The average molecular weight is 572 g/mol. The van der Waals surface area contributed by atoms with Gasteiger partial charge in [-0.15, -0.1) is 0 Å². The monoisotopic (exact) mass is 571 g/mol. The molecule has 5 aliphatic rings. The molecule has 0 spiro atoms. The number of carbonyl (C=O) groups excluding carboxylic acids is 1. The van der Waals surface area contributed by atoms with Crippen LogP contribution in [0.3, 0.4) is 0 Å². The van der Waals surface area contributed by atoms with Gasteiger partial charge in [-0.3, -0.25) is 4.79 Å². The fourth-order valence-corrected chi connectivity index (χ4v) is 8.50. The maximum Gasteiger partial charge on any atom is 0.273 e. The van der Waals surface area contributed by atoms with Crippen molar-refractivity contribution in [3.8, 4) is 0 Å². The first kappa shape index (κ1) is 29.0. The van der Waals surface area contributed by atoms with Gasteiger partial charge >= 0.3 is 0 Å². The summed E-state index contributed by atoms with van der Waals surface area (Å²) in [6.45, 7) is 4.58. The van der Waals surface area contributed by atoms with Gasteiger partial charge in [0.05, 0.1) is 19.1 Å². The Hall–Kier alpha value is -1.47. The molecule has 1 aromatic heterocycles. The highest BCUT2D eigenvalue weighted by Gasteiger charge is 2.51. The number of halogens is 2. The lowest BCUT2D eigenvalue weighted by Crippen LogP contribution is -2.64. The topological polar surface area (TPSA) is 114 Å². The van der Waals surface area contributed by atoms with Crippen molar-refractivity contribution in [2.75, 3.05) is 19.8 Å². The molecule has 1 aromatic rings. The van der Waals surface area contributed by atoms with Crippen molar-refractivity contribution < 1.29 is 27.0 Å². The number of amides is 1. The summed E-state index contributed by atoms with van der Waals surface area (Å²) in [5, 5.41) is 7.10. The Kier molecular flexibility index (Phi) is 9.07. The van der Waals surface area contributed by atoms with Crippen molar-refractivity contribution in [1.29, 1.82) is 0 Å². The van der Waals surface area contributed by atoms with Gasteiger partial charge in [-0.05, 0) is 70.8 Å². The lowest BCUT2D eigenvalue weighted by Gasteiger charge is -2.53. The first-order valence-electron chi connectivity index (χ1n) is 14.5. The molecule has 6 heterocycles. The van der Waals surface area contributed by atoms with Crippen molar-refractivity contribution in [2.45, 2.75) is 120 Å². The van der Waals surface area contributed by atoms with Gasteiger partial charge in [-0.2, -0.15) is 0 Å². The summed E-state index contributed by atoms with van der Waals surface area (Å²) in [4.78, 5) is 12.7. The van der Waals surface area contributed by atoms with Crippen LogP contribution in [0.2, 0.25) is 0 Å². The van der Waals surface area contributed by atoms with Crippen molar-refractivity contribution in [3.05, 3.63) is 17.5 Å². The molecule has 12 heteroatoms. The zero-order valence-electron chi connectivity index (χ0n) is 23.0. The van der Waals surface area contributed by atoms with Crippen molar-refractivity contribution >= 4 is 17.1 Å². The minimum Gasteiger partial charge on any atom is -0.380 e. The molecule has 6 rings (SSSR count). The molecule has 5 fully saturated rings. The molecule has 9 nitrogen and oxygen atoms in total. The lowest BCUT2D eigenvalue weighted by molar-refractivity contribution is -0.00229. The Morgan fingerprint density at radius 3 is 2.28 bits per heavy atom. The van der Waals surface area contributed by atoms with Crippen LogP contribution in [0.15, 0.2) is 10.6 Å². The van der Waals surface area contributed by atoms with Gasteiger partial charge < -0.3 is 20.3 Å². The molecular weight excluding hydrogens is 528 g/mol. The maximum atomic E-state index is 13.3. The average Bonchev–Trinajstić information content (AvgIpc) is 3.44. The summed E-state index contributed by atoms with van der Waals surface area (Å²) in [5.41, 5.74) is 5.60. The third-order valence-corrected chi connectivity index (χ3v) is 10.9. The molecule has 5 aliphatic heterocycles. The highest BCUT2D eigenvalue weighted by Crippen LogP contribution is 2.44. The SMILES string of the molecule is CC(CN)CCC(C)(F)F.O=C(NC1CC2CCC(C1)N2S(=O)N1C2CCCC1C2)c1cc(C2COC2)on1. The molecular formula is C27H43F2N5O4S. The van der Waals surface area contributed by atoms with E-state index in [9.17, 15) is 17.8 Å². The smallest absolute Gasteiger partial charge is 0.273 e. The summed E-state index contributed by atoms with van der Waals surface area (Å²) in [6, 6.07) is 3.48. The van der Waals surface area contributed by atoms with Crippen LogP contribution in [0.5, 0.6) is 0 Å². The predicted molar refractivity (Wildman–Crippen MR) is 143 cm³/mol. The molecule has 39 heavy (non-hydrogen) atoms. The Labute approximate surface area is 232 Å². The summed E-state index contributed by atoms with van der Waals surface area (Å²) in [7, 11) is 0. The Bertz CT molecular complexity index is 991. The van der Waals surface area contributed by atoms with Crippen molar-refractivity contribution in [1.82, 2.24) is 19.1 Å². The van der Waals surface area contributed by atoms with E-state index in [0.29, 0.717) is 56.0 Å². The number of hydrogen-bond donors (Lipinski definition) is 2. The number of nitrogens with one attached hydrogen (secondary N) is 1. The zero-order valence-corrected chi connectivity index (χ0v) is 23.8. The third kappa shape index (κ3) is 6.72. The van der Waals surface area contributed by atoms with E-state index in [-0.39, 0.29) is 30.2 Å². The van der Waals surface area contributed by atoms with Gasteiger partial charge in [0.15, 0.2) is 16.9 Å². The molecule has 0 radical (unpaired) electrons. The van der Waals surface area contributed by atoms with E-state index in [4.69, 9.17) is 15.0 Å². The number of ether oxygens (including phenoxy) is 1. The minimum atomic E-state index is -2.52. The Morgan fingerprint density at radius 1 is 1.15 bits per heavy atom. The first-order chi connectivity index (χ1) is 18.6. The molecule has 4 bridgehead atoms. The summed E-state index contributed by atoms with van der Waals surface area (Å²) in [5.74, 6) is -1.53. The van der Waals surface area contributed by atoms with Crippen LogP contribution < -0.4 is 11.1 Å². The molecule has 6 atom stereocenters. The van der Waals surface area contributed by atoms with E-state index in [1.807, 2.05) is 6.92 Å². The van der Waals surface area contributed by atoms with Crippen LogP contribution in [0.4, 0.5) is 8.78 Å². The maximum absolute atomic E-state index is 13.3. The van der Waals surface area contributed by atoms with E-state index < -0.39 is 17.1 Å². The Morgan fingerprint density at radius 2 is 1.77 bits per heavy atom. The van der Waals surface area contributed by atoms with Crippen LogP contribution in [-0.2, 0) is 15.9 Å². The number of rotatable bonds is 9. The Balaban J connectivity index is 0.000000266. The van der Waals surface area contributed by atoms with E-state index in [1.165, 1.54) is 25.7 Å². The van der Waals surface area contributed by atoms with Gasteiger partial charge in [-0.1, -0.05) is 18.5 Å². The number of alkyl halides is 2. The highest BCUT2D eigenvalue weighted by atomic mass is 32.2. The second kappa shape index (κ2) is 12.2. The molecule has 0 saturated carbocycles. The summed E-state index contributed by atoms with van der Waals surface area (Å²) in [6.07, 6.45) is 9.21. The number of nitrogens with zero attached hydrogens (tertiary/aromatic N) is 3. The quantitative estimate of drug-likeness (QED) is 0.467. The fourth-order valence-electron chi connectivity index (χ4n) is 6.50. The number of fused-ring (bicyclic) bond motifs is 4. The van der Waals surface area contributed by atoms with E-state index in [0.717, 1.165) is 38.4 Å². The lowest BCUT2D eigenvalue weighted by atomic mass is 9.83. The number of hydrogen-bond acceptors (Lipinski definition) is 6. The van der Waals surface area contributed by atoms with Gasteiger partial charge in [0.25, 0.3) is 5.91 Å². The van der Waals surface area contributed by atoms with Crippen LogP contribution >= 0.6 is 0 Å². The molecule has 0 aliphatic carbocycles. The van der Waals surface area contributed by atoms with Crippen LogP contribution in [0, 0.1) is 5.92 Å². The molecule has 220 valence electrons. The highest BCUT2D eigenvalue weighted by molar-refractivity contribution is 7.80. The zero-order chi connectivity index (χ0) is 27.7. The van der Waals surface area contributed by atoms with E-state index in [2.05, 4.69) is 19.1 Å². The molecule has 0 aromatic carbocycles. The normalized spacial score (nSPS) is 32.4. The van der Waals surface area contributed by atoms with Crippen LogP contribution in [-0.4, -0.2) is 79.8 Å². The van der Waals surface area contributed by atoms with E-state index in [1.54, 1.807) is 6.07 Å². The standard InChI is InChI=1S/C20H28N4O4S.C7H15F2N/c25-20(18-9-19(28-22-18)12-10-27-11-12)21-13-6-16-4-5-17(7-13)24(16)29(26)23-14-2-1-3-15(23)8-14;1-6(5-10)3-4-7(2,8)9/h9,12-17H,1-8,10-11H2,(H,21,25);6H,3-5,10H2,1-2H3. The third-order valence-electron chi connectivity index (χ3n) is 8.98.